The van der Waals surface area contributed by atoms with Gasteiger partial charge in [0.2, 0.25) is 0 Å². The number of nitrogen functional groups attached to an aromatic ring is 1. The topological polar surface area (TPSA) is 73.8 Å². The molecule has 0 amide bonds. The Morgan fingerprint density at radius 2 is 1.93 bits per heavy atom. The third-order valence-corrected chi connectivity index (χ3v) is 2.10. The lowest BCUT2D eigenvalue weighted by atomic mass is 10.1. The molecule has 2 rings (SSSR count). The number of aromatic nitrogens is 3. The quantitative estimate of drug-likeness (QED) is 0.676. The molecule has 0 saturated heterocycles. The SMILES string of the molecule is Cc1ccc(-c2nncc(=O)n2N)cc1. The zero-order valence-electron chi connectivity index (χ0n) is 8.21. The fourth-order valence-electron chi connectivity index (χ4n) is 1.25. The van der Waals surface area contributed by atoms with Crippen LogP contribution in [0.2, 0.25) is 0 Å². The van der Waals surface area contributed by atoms with E-state index in [1.165, 1.54) is 0 Å². The predicted molar refractivity (Wildman–Crippen MR) is 56.6 cm³/mol. The molecule has 0 aliphatic heterocycles. The van der Waals surface area contributed by atoms with Crippen molar-refractivity contribution in [1.82, 2.24) is 14.9 Å². The standard InChI is InChI=1S/C10H10N4O/c1-7-2-4-8(5-3-7)10-13-12-6-9(15)14(10)11/h2-6H,11H2,1H3. The van der Waals surface area contributed by atoms with Gasteiger partial charge in [0.1, 0.15) is 6.20 Å². The van der Waals surface area contributed by atoms with Crippen molar-refractivity contribution in [1.29, 1.82) is 0 Å². The van der Waals surface area contributed by atoms with Gasteiger partial charge in [-0.2, -0.15) is 5.10 Å². The lowest BCUT2D eigenvalue weighted by Crippen LogP contribution is -2.29. The van der Waals surface area contributed by atoms with Gasteiger partial charge in [-0.3, -0.25) is 4.79 Å². The third kappa shape index (κ3) is 1.71. The van der Waals surface area contributed by atoms with E-state index in [-0.39, 0.29) is 5.56 Å². The Kier molecular flexibility index (Phi) is 2.21. The highest BCUT2D eigenvalue weighted by molar-refractivity contribution is 5.55. The maximum Gasteiger partial charge on any atom is 0.290 e. The Labute approximate surface area is 86.2 Å². The van der Waals surface area contributed by atoms with E-state index >= 15 is 0 Å². The first-order chi connectivity index (χ1) is 7.18. The van der Waals surface area contributed by atoms with Crippen molar-refractivity contribution in [3.8, 4) is 11.4 Å². The molecule has 1 aromatic heterocycles. The molecular formula is C10H10N4O. The zero-order chi connectivity index (χ0) is 10.8. The molecule has 76 valence electrons. The fourth-order valence-corrected chi connectivity index (χ4v) is 1.25. The number of rotatable bonds is 1. The van der Waals surface area contributed by atoms with Gasteiger partial charge >= 0.3 is 0 Å². The van der Waals surface area contributed by atoms with Crippen LogP contribution >= 0.6 is 0 Å². The van der Waals surface area contributed by atoms with Crippen molar-refractivity contribution < 1.29 is 0 Å². The highest BCUT2D eigenvalue weighted by Crippen LogP contribution is 2.13. The van der Waals surface area contributed by atoms with Crippen LogP contribution in [0.25, 0.3) is 11.4 Å². The first kappa shape index (κ1) is 9.39. The van der Waals surface area contributed by atoms with Crippen molar-refractivity contribution in [3.63, 3.8) is 0 Å². The van der Waals surface area contributed by atoms with Gasteiger partial charge < -0.3 is 5.84 Å². The second-order valence-corrected chi connectivity index (χ2v) is 3.24. The molecule has 5 heteroatoms. The molecule has 0 aliphatic carbocycles. The third-order valence-electron chi connectivity index (χ3n) is 2.10. The van der Waals surface area contributed by atoms with E-state index in [1.54, 1.807) is 0 Å². The molecule has 0 aliphatic rings. The summed E-state index contributed by atoms with van der Waals surface area (Å²) < 4.78 is 0.984. The van der Waals surface area contributed by atoms with Gasteiger partial charge in [-0.05, 0) is 6.92 Å². The van der Waals surface area contributed by atoms with Gasteiger partial charge in [-0.15, -0.1) is 5.10 Å². The number of hydrogen-bond acceptors (Lipinski definition) is 4. The van der Waals surface area contributed by atoms with Crippen LogP contribution in [0.5, 0.6) is 0 Å². The number of nitrogens with zero attached hydrogens (tertiary/aromatic N) is 3. The molecule has 1 aromatic carbocycles. The first-order valence-electron chi connectivity index (χ1n) is 4.45. The largest absolute Gasteiger partial charge is 0.334 e. The molecule has 0 spiro atoms. The van der Waals surface area contributed by atoms with Crippen LogP contribution in [-0.2, 0) is 0 Å². The molecule has 0 bridgehead atoms. The summed E-state index contributed by atoms with van der Waals surface area (Å²) in [5.74, 6) is 5.92. The summed E-state index contributed by atoms with van der Waals surface area (Å²) in [5.41, 5.74) is 1.53. The van der Waals surface area contributed by atoms with Crippen LogP contribution in [-0.4, -0.2) is 14.9 Å². The number of aryl methyl sites for hydroxylation is 1. The summed E-state index contributed by atoms with van der Waals surface area (Å²) in [6, 6.07) is 7.55. The first-order valence-corrected chi connectivity index (χ1v) is 4.45. The van der Waals surface area contributed by atoms with Crippen LogP contribution in [0.4, 0.5) is 0 Å². The second-order valence-electron chi connectivity index (χ2n) is 3.24. The number of hydrogen-bond donors (Lipinski definition) is 1. The van der Waals surface area contributed by atoms with Gasteiger partial charge in [-0.1, -0.05) is 29.8 Å². The molecule has 0 fully saturated rings. The second kappa shape index (κ2) is 3.53. The minimum atomic E-state index is -0.374. The van der Waals surface area contributed by atoms with E-state index in [9.17, 15) is 4.79 Å². The summed E-state index contributed by atoms with van der Waals surface area (Å²) in [6.45, 7) is 1.98. The Bertz CT molecular complexity index is 530. The number of benzene rings is 1. The molecule has 2 aromatic rings. The van der Waals surface area contributed by atoms with E-state index in [1.807, 2.05) is 31.2 Å². The highest BCUT2D eigenvalue weighted by Gasteiger charge is 2.05. The Morgan fingerprint density at radius 1 is 1.27 bits per heavy atom. The van der Waals surface area contributed by atoms with Gasteiger partial charge in [0.15, 0.2) is 5.82 Å². The van der Waals surface area contributed by atoms with E-state index in [2.05, 4.69) is 10.2 Å². The summed E-state index contributed by atoms with van der Waals surface area (Å²) in [7, 11) is 0. The lowest BCUT2D eigenvalue weighted by Gasteiger charge is -2.04. The molecule has 0 unspecified atom stereocenters. The van der Waals surface area contributed by atoms with Crippen molar-refractivity contribution in [2.75, 3.05) is 5.84 Å². The van der Waals surface area contributed by atoms with Gasteiger partial charge in [0, 0.05) is 5.56 Å². The van der Waals surface area contributed by atoms with Crippen LogP contribution in [0.15, 0.2) is 35.3 Å². The Hall–Kier alpha value is -2.17. The minimum Gasteiger partial charge on any atom is -0.334 e. The maximum absolute atomic E-state index is 11.2. The highest BCUT2D eigenvalue weighted by atomic mass is 16.1. The monoisotopic (exact) mass is 202 g/mol. The molecule has 0 radical (unpaired) electrons. The molecule has 5 nitrogen and oxygen atoms in total. The van der Waals surface area contributed by atoms with Crippen LogP contribution in [0.1, 0.15) is 5.56 Å². The zero-order valence-corrected chi connectivity index (χ0v) is 8.21. The molecule has 15 heavy (non-hydrogen) atoms. The van der Waals surface area contributed by atoms with Crippen molar-refractivity contribution >= 4 is 0 Å². The van der Waals surface area contributed by atoms with Gasteiger partial charge in [0.05, 0.1) is 0 Å². The van der Waals surface area contributed by atoms with Gasteiger partial charge in [0.25, 0.3) is 5.56 Å². The van der Waals surface area contributed by atoms with Gasteiger partial charge in [-0.25, -0.2) is 4.68 Å². The van der Waals surface area contributed by atoms with Crippen LogP contribution in [0.3, 0.4) is 0 Å². The maximum atomic E-state index is 11.2. The molecule has 1 heterocycles. The van der Waals surface area contributed by atoms with Crippen molar-refractivity contribution in [2.45, 2.75) is 6.92 Å². The summed E-state index contributed by atoms with van der Waals surface area (Å²) >= 11 is 0. The molecule has 0 atom stereocenters. The van der Waals surface area contributed by atoms with E-state index < -0.39 is 0 Å². The minimum absolute atomic E-state index is 0.363. The summed E-state index contributed by atoms with van der Waals surface area (Å²) in [5, 5.41) is 7.41. The molecular weight excluding hydrogens is 192 g/mol. The number of nitrogens with two attached hydrogens (primary N) is 1. The molecule has 0 saturated carbocycles. The van der Waals surface area contributed by atoms with Crippen molar-refractivity contribution in [3.05, 3.63) is 46.4 Å². The smallest absolute Gasteiger partial charge is 0.290 e. The Morgan fingerprint density at radius 3 is 2.60 bits per heavy atom. The van der Waals surface area contributed by atoms with E-state index in [4.69, 9.17) is 5.84 Å². The predicted octanol–water partition coefficient (Wildman–Crippen LogP) is 0.328. The van der Waals surface area contributed by atoms with Crippen molar-refractivity contribution in [2.24, 2.45) is 0 Å². The average molecular weight is 202 g/mol. The Balaban J connectivity index is 2.59. The van der Waals surface area contributed by atoms with E-state index in [0.29, 0.717) is 5.82 Å². The van der Waals surface area contributed by atoms with E-state index in [0.717, 1.165) is 22.0 Å². The molecule has 2 N–H and O–H groups in total. The average Bonchev–Trinajstić information content (AvgIpc) is 2.24. The normalized spacial score (nSPS) is 10.2. The van der Waals surface area contributed by atoms with Crippen LogP contribution < -0.4 is 11.4 Å². The lowest BCUT2D eigenvalue weighted by molar-refractivity contribution is 0.835. The summed E-state index contributed by atoms with van der Waals surface area (Å²) in [6.07, 6.45) is 1.08. The van der Waals surface area contributed by atoms with Crippen LogP contribution in [0, 0.1) is 6.92 Å². The summed E-state index contributed by atoms with van der Waals surface area (Å²) in [4.78, 5) is 11.2. The fraction of sp³-hybridized carbons (Fsp3) is 0.100.